The predicted molar refractivity (Wildman–Crippen MR) is 96.2 cm³/mol. The van der Waals surface area contributed by atoms with E-state index in [4.69, 9.17) is 16.3 Å². The Bertz CT molecular complexity index is 843. The summed E-state index contributed by atoms with van der Waals surface area (Å²) in [6, 6.07) is 11.5. The number of hydrogen-bond acceptors (Lipinski definition) is 3. The van der Waals surface area contributed by atoms with Gasteiger partial charge in [-0.2, -0.15) is 0 Å². The maximum absolute atomic E-state index is 12.4. The average Bonchev–Trinajstić information content (AvgIpc) is 2.64. The van der Waals surface area contributed by atoms with E-state index >= 15 is 0 Å². The number of nitrogens with one attached hydrogen (secondary N) is 1. The van der Waals surface area contributed by atoms with Crippen LogP contribution in [-0.2, 0) is 4.74 Å². The molecule has 0 saturated heterocycles. The maximum Gasteiger partial charge on any atom is 0.337 e. The van der Waals surface area contributed by atoms with E-state index in [9.17, 15) is 14.7 Å². The van der Waals surface area contributed by atoms with Gasteiger partial charge in [-0.15, -0.1) is 0 Å². The molecule has 3 rings (SSSR count). The fourth-order valence-electron chi connectivity index (χ4n) is 2.62. The minimum absolute atomic E-state index is 0.0511. The number of carboxylic acids is 1. The fraction of sp³-hybridized carbons (Fsp3) is 0.158. The van der Waals surface area contributed by atoms with Crippen molar-refractivity contribution in [3.8, 4) is 0 Å². The van der Waals surface area contributed by atoms with Gasteiger partial charge in [-0.25, -0.2) is 4.79 Å². The molecule has 2 N–H and O–H groups in total. The molecule has 1 aliphatic rings. The van der Waals surface area contributed by atoms with E-state index in [1.165, 1.54) is 23.8 Å². The Hall–Kier alpha value is -2.63. The van der Waals surface area contributed by atoms with Crippen molar-refractivity contribution in [1.29, 1.82) is 0 Å². The predicted octanol–water partition coefficient (Wildman–Crippen LogP) is 4.09. The SMILES string of the molecule is O=C(Nc1ccc(Cl)cc1C(=O)O)c1ccc(C2=CCOCC2)cc1. The van der Waals surface area contributed by atoms with Crippen LogP contribution in [0.3, 0.4) is 0 Å². The average molecular weight is 358 g/mol. The molecule has 128 valence electrons. The van der Waals surface area contributed by atoms with Gasteiger partial charge in [0, 0.05) is 10.6 Å². The second-order valence-electron chi connectivity index (χ2n) is 5.58. The Morgan fingerprint density at radius 3 is 2.52 bits per heavy atom. The normalized spacial score (nSPS) is 13.9. The van der Waals surface area contributed by atoms with Gasteiger partial charge in [-0.3, -0.25) is 4.79 Å². The molecule has 0 spiro atoms. The third-order valence-corrected chi connectivity index (χ3v) is 4.18. The summed E-state index contributed by atoms with van der Waals surface area (Å²) < 4.78 is 5.29. The van der Waals surface area contributed by atoms with Crippen molar-refractivity contribution in [2.75, 3.05) is 18.5 Å². The highest BCUT2D eigenvalue weighted by molar-refractivity contribution is 6.31. The van der Waals surface area contributed by atoms with Crippen LogP contribution in [0.25, 0.3) is 5.57 Å². The number of carboxylic acid groups (broad SMARTS) is 1. The second-order valence-corrected chi connectivity index (χ2v) is 6.02. The van der Waals surface area contributed by atoms with Crippen LogP contribution in [0.1, 0.15) is 32.7 Å². The number of halogens is 1. The van der Waals surface area contributed by atoms with Crippen molar-refractivity contribution >= 4 is 34.7 Å². The van der Waals surface area contributed by atoms with Crippen molar-refractivity contribution in [2.24, 2.45) is 0 Å². The van der Waals surface area contributed by atoms with E-state index in [2.05, 4.69) is 5.32 Å². The van der Waals surface area contributed by atoms with E-state index in [-0.39, 0.29) is 17.2 Å². The van der Waals surface area contributed by atoms with Crippen LogP contribution in [-0.4, -0.2) is 30.2 Å². The van der Waals surface area contributed by atoms with Gasteiger partial charge >= 0.3 is 5.97 Å². The molecule has 5 nitrogen and oxygen atoms in total. The van der Waals surface area contributed by atoms with Gasteiger partial charge in [-0.1, -0.05) is 29.8 Å². The number of hydrogen-bond donors (Lipinski definition) is 2. The molecule has 1 amide bonds. The number of rotatable bonds is 4. The number of amides is 1. The second kappa shape index (κ2) is 7.51. The van der Waals surface area contributed by atoms with Crippen LogP contribution in [0.15, 0.2) is 48.5 Å². The van der Waals surface area contributed by atoms with Crippen molar-refractivity contribution in [1.82, 2.24) is 0 Å². The lowest BCUT2D eigenvalue weighted by molar-refractivity contribution is 0.0698. The van der Waals surface area contributed by atoms with Crippen molar-refractivity contribution in [3.63, 3.8) is 0 Å². The van der Waals surface area contributed by atoms with Crippen LogP contribution < -0.4 is 5.32 Å². The van der Waals surface area contributed by atoms with Gasteiger partial charge < -0.3 is 15.2 Å². The third kappa shape index (κ3) is 4.07. The van der Waals surface area contributed by atoms with Crippen molar-refractivity contribution in [2.45, 2.75) is 6.42 Å². The zero-order valence-electron chi connectivity index (χ0n) is 13.3. The zero-order chi connectivity index (χ0) is 17.8. The first-order valence-corrected chi connectivity index (χ1v) is 8.14. The Kier molecular flexibility index (Phi) is 5.16. The Labute approximate surface area is 149 Å². The van der Waals surface area contributed by atoms with E-state index in [1.54, 1.807) is 12.1 Å². The van der Waals surface area contributed by atoms with Gasteiger partial charge in [-0.05, 0) is 47.9 Å². The topological polar surface area (TPSA) is 75.6 Å². The summed E-state index contributed by atoms with van der Waals surface area (Å²) in [5, 5.41) is 12.1. The summed E-state index contributed by atoms with van der Waals surface area (Å²) in [5.74, 6) is -1.53. The molecule has 1 heterocycles. The molecule has 25 heavy (non-hydrogen) atoms. The molecular weight excluding hydrogens is 342 g/mol. The summed E-state index contributed by atoms with van der Waals surface area (Å²) in [6.45, 7) is 1.30. The van der Waals surface area contributed by atoms with E-state index in [0.717, 1.165) is 12.0 Å². The number of anilines is 1. The minimum Gasteiger partial charge on any atom is -0.478 e. The highest BCUT2D eigenvalue weighted by Gasteiger charge is 2.15. The van der Waals surface area contributed by atoms with E-state index < -0.39 is 5.97 Å². The molecule has 0 fully saturated rings. The van der Waals surface area contributed by atoms with Crippen molar-refractivity contribution < 1.29 is 19.4 Å². The number of aromatic carboxylic acids is 1. The largest absolute Gasteiger partial charge is 0.478 e. The molecule has 0 saturated carbocycles. The van der Waals surface area contributed by atoms with Crippen LogP contribution in [0, 0.1) is 0 Å². The smallest absolute Gasteiger partial charge is 0.337 e. The zero-order valence-corrected chi connectivity index (χ0v) is 14.0. The standard InChI is InChI=1S/C19H16ClNO4/c20-15-5-6-17(16(11-15)19(23)24)21-18(22)14-3-1-12(2-4-14)13-7-9-25-10-8-13/h1-7,11H,8-10H2,(H,21,22)(H,23,24). The van der Waals surface area contributed by atoms with Crippen LogP contribution in [0.4, 0.5) is 5.69 Å². The summed E-state index contributed by atoms with van der Waals surface area (Å²) in [7, 11) is 0. The third-order valence-electron chi connectivity index (χ3n) is 3.94. The molecule has 0 aliphatic carbocycles. The van der Waals surface area contributed by atoms with Gasteiger partial charge in [0.25, 0.3) is 5.91 Å². The Balaban J connectivity index is 1.78. The molecule has 0 radical (unpaired) electrons. The summed E-state index contributed by atoms with van der Waals surface area (Å²) in [6.07, 6.45) is 2.88. The van der Waals surface area contributed by atoms with Crippen LogP contribution in [0.5, 0.6) is 0 Å². The van der Waals surface area contributed by atoms with E-state index in [0.29, 0.717) is 23.8 Å². The van der Waals surface area contributed by atoms with Gasteiger partial charge in [0.2, 0.25) is 0 Å². The molecule has 0 aromatic heterocycles. The number of carbonyl (C=O) groups is 2. The molecule has 0 unspecified atom stereocenters. The number of carbonyl (C=O) groups excluding carboxylic acids is 1. The summed E-state index contributed by atoms with van der Waals surface area (Å²) in [4.78, 5) is 23.7. The first-order chi connectivity index (χ1) is 12.0. The Morgan fingerprint density at radius 2 is 1.88 bits per heavy atom. The molecule has 2 aromatic rings. The van der Waals surface area contributed by atoms with Gasteiger partial charge in [0.15, 0.2) is 0 Å². The Morgan fingerprint density at radius 1 is 1.12 bits per heavy atom. The quantitative estimate of drug-likeness (QED) is 0.864. The van der Waals surface area contributed by atoms with Gasteiger partial charge in [0.05, 0.1) is 24.5 Å². The lowest BCUT2D eigenvalue weighted by Crippen LogP contribution is -2.15. The molecule has 6 heteroatoms. The molecule has 1 aliphatic heterocycles. The van der Waals surface area contributed by atoms with Gasteiger partial charge in [0.1, 0.15) is 0 Å². The first kappa shape index (κ1) is 17.2. The fourth-order valence-corrected chi connectivity index (χ4v) is 2.79. The molecule has 0 atom stereocenters. The summed E-state index contributed by atoms with van der Waals surface area (Å²) in [5.41, 5.74) is 2.85. The van der Waals surface area contributed by atoms with Crippen LogP contribution in [0.2, 0.25) is 5.02 Å². The molecular formula is C19H16ClNO4. The lowest BCUT2D eigenvalue weighted by atomic mass is 10.00. The monoisotopic (exact) mass is 357 g/mol. The van der Waals surface area contributed by atoms with Crippen LogP contribution >= 0.6 is 11.6 Å². The molecule has 0 bridgehead atoms. The molecule has 2 aromatic carbocycles. The highest BCUT2D eigenvalue weighted by Crippen LogP contribution is 2.23. The highest BCUT2D eigenvalue weighted by atomic mass is 35.5. The maximum atomic E-state index is 12.4. The van der Waals surface area contributed by atoms with Crippen molar-refractivity contribution in [3.05, 3.63) is 70.3 Å². The first-order valence-electron chi connectivity index (χ1n) is 7.76. The lowest BCUT2D eigenvalue weighted by Gasteiger charge is -2.14. The number of ether oxygens (including phenoxy) is 1. The summed E-state index contributed by atoms with van der Waals surface area (Å²) >= 11 is 5.82. The minimum atomic E-state index is -1.15. The van der Waals surface area contributed by atoms with E-state index in [1.807, 2.05) is 18.2 Å². The number of benzene rings is 2.